The molecule has 0 amide bonds. The van der Waals surface area contributed by atoms with Crippen molar-refractivity contribution in [2.45, 2.75) is 219 Å². The molecule has 44 heavy (non-hydrogen) atoms. The molecule has 0 heterocycles. The smallest absolute Gasteiger partial charge is 0.726 e. The molecule has 0 aliphatic heterocycles. The summed E-state index contributed by atoms with van der Waals surface area (Å²) in [5, 5.41) is 0. The van der Waals surface area contributed by atoms with Crippen molar-refractivity contribution in [2.24, 2.45) is 5.92 Å². The summed E-state index contributed by atoms with van der Waals surface area (Å²) in [6.45, 7) is 4.54. The molecule has 0 aliphatic rings. The number of hydrogen-bond donors (Lipinski definition) is 0. The van der Waals surface area contributed by atoms with Crippen LogP contribution in [0.2, 0.25) is 0 Å². The molecule has 0 N–H and O–H groups in total. The quantitative estimate of drug-likeness (QED) is 0.0223. The fraction of sp³-hybridized carbons (Fsp3) is 0.947. The molecule has 1 atom stereocenters. The zero-order chi connectivity index (χ0) is 31.5. The zero-order valence-corrected chi connectivity index (χ0v) is 32.9. The van der Waals surface area contributed by atoms with Crippen LogP contribution >= 0.6 is 0 Å². The average Bonchev–Trinajstić information content (AvgIpc) is 2.98. The van der Waals surface area contributed by atoms with Crippen molar-refractivity contribution in [3.63, 3.8) is 0 Å². The first-order valence-electron chi connectivity index (χ1n) is 19.3. The molecular formula is C38H75NaO4S. The van der Waals surface area contributed by atoms with Crippen molar-refractivity contribution < 1.29 is 46.7 Å². The van der Waals surface area contributed by atoms with E-state index in [-0.39, 0.29) is 42.1 Å². The first-order valence-corrected chi connectivity index (χ1v) is 20.6. The van der Waals surface area contributed by atoms with Gasteiger partial charge in [0.25, 0.3) is 0 Å². The van der Waals surface area contributed by atoms with Gasteiger partial charge in [0.2, 0.25) is 10.4 Å². The van der Waals surface area contributed by atoms with E-state index in [9.17, 15) is 13.0 Å². The molecule has 4 nitrogen and oxygen atoms in total. The van der Waals surface area contributed by atoms with Gasteiger partial charge in [-0.2, -0.15) is 0 Å². The van der Waals surface area contributed by atoms with Crippen LogP contribution in [-0.2, 0) is 14.6 Å². The third-order valence-electron chi connectivity index (χ3n) is 8.99. The van der Waals surface area contributed by atoms with E-state index in [1.54, 1.807) is 0 Å². The van der Waals surface area contributed by atoms with Gasteiger partial charge >= 0.3 is 29.6 Å². The van der Waals surface area contributed by atoms with Gasteiger partial charge in [-0.15, -0.1) is 0 Å². The Morgan fingerprint density at radius 2 is 0.795 bits per heavy atom. The number of hydrogen-bond acceptors (Lipinski definition) is 4. The Hall–Kier alpha value is 0.610. The summed E-state index contributed by atoms with van der Waals surface area (Å²) in [4.78, 5) is 0. The van der Waals surface area contributed by atoms with E-state index >= 15 is 0 Å². The minimum atomic E-state index is -4.62. The Labute approximate surface area is 299 Å². The van der Waals surface area contributed by atoms with Crippen molar-refractivity contribution in [2.75, 3.05) is 6.61 Å². The summed E-state index contributed by atoms with van der Waals surface area (Å²) < 4.78 is 37.5. The van der Waals surface area contributed by atoms with E-state index < -0.39 is 10.4 Å². The molecule has 0 aromatic heterocycles. The molecule has 0 aromatic rings. The molecule has 0 saturated heterocycles. The van der Waals surface area contributed by atoms with Crippen LogP contribution in [0.3, 0.4) is 0 Å². The van der Waals surface area contributed by atoms with Crippen molar-refractivity contribution >= 4 is 10.4 Å². The molecule has 0 aliphatic carbocycles. The van der Waals surface area contributed by atoms with Crippen LogP contribution in [0.5, 0.6) is 0 Å². The summed E-state index contributed by atoms with van der Waals surface area (Å²) in [5.41, 5.74) is 0. The van der Waals surface area contributed by atoms with Crippen molar-refractivity contribution in [3.05, 3.63) is 12.2 Å². The second-order valence-corrected chi connectivity index (χ2v) is 14.4. The topological polar surface area (TPSA) is 66.4 Å². The van der Waals surface area contributed by atoms with Crippen LogP contribution in [0.1, 0.15) is 219 Å². The molecule has 0 fully saturated rings. The maximum absolute atomic E-state index is 11.0. The molecule has 1 unspecified atom stereocenters. The first-order chi connectivity index (χ1) is 21.0. The molecule has 0 aromatic carbocycles. The summed E-state index contributed by atoms with van der Waals surface area (Å²) in [6.07, 6.45) is 46.8. The maximum atomic E-state index is 11.0. The van der Waals surface area contributed by atoms with Gasteiger partial charge in [0.05, 0.1) is 6.61 Å². The fourth-order valence-electron chi connectivity index (χ4n) is 6.11. The van der Waals surface area contributed by atoms with Gasteiger partial charge in [-0.25, -0.2) is 8.42 Å². The Balaban J connectivity index is 0. The Kier molecular flexibility index (Phi) is 40.4. The number of unbranched alkanes of at least 4 members (excludes halogenated alkanes) is 29. The Morgan fingerprint density at radius 1 is 0.500 bits per heavy atom. The molecule has 0 radical (unpaired) electrons. The van der Waals surface area contributed by atoms with E-state index in [1.165, 1.54) is 186 Å². The fourth-order valence-corrected chi connectivity index (χ4v) is 6.45. The van der Waals surface area contributed by atoms with Gasteiger partial charge < -0.3 is 4.55 Å². The van der Waals surface area contributed by atoms with Crippen LogP contribution in [0.25, 0.3) is 0 Å². The summed E-state index contributed by atoms with van der Waals surface area (Å²) in [6, 6.07) is 0. The van der Waals surface area contributed by atoms with Crippen molar-refractivity contribution in [3.8, 4) is 0 Å². The second kappa shape index (κ2) is 38.1. The third-order valence-corrected chi connectivity index (χ3v) is 9.41. The molecule has 0 rings (SSSR count). The zero-order valence-electron chi connectivity index (χ0n) is 30.1. The first kappa shape index (κ1) is 46.7. The predicted molar refractivity (Wildman–Crippen MR) is 187 cm³/mol. The van der Waals surface area contributed by atoms with E-state index in [0.717, 1.165) is 19.3 Å². The molecule has 0 spiro atoms. The molecule has 258 valence electrons. The van der Waals surface area contributed by atoms with E-state index in [4.69, 9.17) is 0 Å². The predicted octanol–water partition coefficient (Wildman–Crippen LogP) is 10.2. The molecule has 0 bridgehead atoms. The van der Waals surface area contributed by atoms with Crippen LogP contribution in [-0.4, -0.2) is 19.6 Å². The molecule has 0 saturated carbocycles. The average molecular weight is 651 g/mol. The molecular weight excluding hydrogens is 575 g/mol. The van der Waals surface area contributed by atoms with E-state index in [0.29, 0.717) is 0 Å². The standard InChI is InChI=1S/C38H76O4S.Na/c1-3-5-7-9-11-13-15-17-18-19-20-21-22-24-26-28-30-32-34-36-38(37-42-43(39,40)41)35-33-31-29-27-25-23-16-14-12-10-8-6-4-2;/h34,36,38H,3-33,35,37H2,1-2H3,(H,39,40,41);/q;+1/p-1/b36-34+;. The third kappa shape index (κ3) is 40.6. The summed E-state index contributed by atoms with van der Waals surface area (Å²) >= 11 is 0. The van der Waals surface area contributed by atoms with Gasteiger partial charge in [0.1, 0.15) is 0 Å². The minimum absolute atomic E-state index is 0. The van der Waals surface area contributed by atoms with Crippen molar-refractivity contribution in [1.29, 1.82) is 0 Å². The Bertz CT molecular complexity index is 668. The van der Waals surface area contributed by atoms with Gasteiger partial charge in [0, 0.05) is 5.92 Å². The Morgan fingerprint density at radius 3 is 1.11 bits per heavy atom. The van der Waals surface area contributed by atoms with Gasteiger partial charge in [-0.3, -0.25) is 4.18 Å². The second-order valence-electron chi connectivity index (χ2n) is 13.4. The minimum Gasteiger partial charge on any atom is -0.726 e. The van der Waals surface area contributed by atoms with E-state index in [2.05, 4.69) is 30.2 Å². The maximum Gasteiger partial charge on any atom is 1.00 e. The number of allylic oxidation sites excluding steroid dienone is 1. The van der Waals surface area contributed by atoms with Gasteiger partial charge in [-0.05, 0) is 19.3 Å². The SMILES string of the molecule is CCCCCCCCCCCCCCCCCCC/C=C/C(CCCCCCCCCCCCCCC)COS(=O)(=O)[O-].[Na+]. The van der Waals surface area contributed by atoms with Gasteiger partial charge in [0.15, 0.2) is 0 Å². The van der Waals surface area contributed by atoms with Gasteiger partial charge in [-0.1, -0.05) is 212 Å². The monoisotopic (exact) mass is 651 g/mol. The largest absolute Gasteiger partial charge is 1.00 e. The normalized spacial score (nSPS) is 12.6. The van der Waals surface area contributed by atoms with Crippen LogP contribution < -0.4 is 29.6 Å². The number of rotatable bonds is 36. The van der Waals surface area contributed by atoms with Crippen LogP contribution in [0.15, 0.2) is 12.2 Å². The summed E-state index contributed by atoms with van der Waals surface area (Å²) in [7, 11) is -4.62. The van der Waals surface area contributed by atoms with Crippen molar-refractivity contribution in [1.82, 2.24) is 0 Å². The summed E-state index contributed by atoms with van der Waals surface area (Å²) in [5.74, 6) is 0.0160. The van der Waals surface area contributed by atoms with E-state index in [1.807, 2.05) is 0 Å². The van der Waals surface area contributed by atoms with Crippen LogP contribution in [0.4, 0.5) is 0 Å². The van der Waals surface area contributed by atoms with Crippen LogP contribution in [0, 0.1) is 5.92 Å². The molecule has 6 heteroatoms.